The van der Waals surface area contributed by atoms with Crippen LogP contribution in [0.3, 0.4) is 0 Å². The number of carboxylic acid groups (broad SMARTS) is 1. The zero-order valence-electron chi connectivity index (χ0n) is 22.2. The lowest BCUT2D eigenvalue weighted by atomic mass is 9.41. The number of allylic oxidation sites excluding steroid dienone is 1. The van der Waals surface area contributed by atoms with E-state index in [9.17, 15) is 14.7 Å². The zero-order chi connectivity index (χ0) is 24.9. The van der Waals surface area contributed by atoms with Gasteiger partial charge in [0.25, 0.3) is 0 Å². The van der Waals surface area contributed by atoms with Gasteiger partial charge in [-0.3, -0.25) is 4.79 Å². The van der Waals surface area contributed by atoms with Gasteiger partial charge < -0.3 is 10.2 Å². The summed E-state index contributed by atoms with van der Waals surface area (Å²) in [5.41, 5.74) is 1.67. The molecule has 0 unspecified atom stereocenters. The topological polar surface area (TPSA) is 74.6 Å². The van der Waals surface area contributed by atoms with Crippen molar-refractivity contribution in [1.82, 2.24) is 0 Å². The van der Waals surface area contributed by atoms with E-state index in [2.05, 4.69) is 34.6 Å². The van der Waals surface area contributed by atoms with Gasteiger partial charge in [0.05, 0.1) is 6.10 Å². The maximum Gasteiger partial charge on any atom is 0.331 e. The van der Waals surface area contributed by atoms with Crippen molar-refractivity contribution < 1.29 is 19.8 Å². The van der Waals surface area contributed by atoms with E-state index in [0.29, 0.717) is 34.5 Å². The second kappa shape index (κ2) is 7.43. The van der Waals surface area contributed by atoms with E-state index >= 15 is 0 Å². The molecule has 5 rings (SSSR count). The number of fused-ring (bicyclic) bond motifs is 2. The molecule has 0 amide bonds. The summed E-state index contributed by atoms with van der Waals surface area (Å²) in [7, 11) is 0. The lowest BCUT2D eigenvalue weighted by molar-refractivity contribution is -0.161. The maximum atomic E-state index is 12.6. The van der Waals surface area contributed by atoms with Gasteiger partial charge in [0.15, 0.2) is 5.78 Å². The first-order valence-corrected chi connectivity index (χ1v) is 13.9. The zero-order valence-corrected chi connectivity index (χ0v) is 22.2. The Kier molecular flexibility index (Phi) is 5.36. The molecule has 5 fully saturated rings. The summed E-state index contributed by atoms with van der Waals surface area (Å²) >= 11 is 0. The van der Waals surface area contributed by atoms with Crippen LogP contribution in [0.1, 0.15) is 106 Å². The highest BCUT2D eigenvalue weighted by Crippen LogP contribution is 2.89. The number of ketones is 1. The summed E-state index contributed by atoms with van der Waals surface area (Å²) in [4.78, 5) is 23.8. The van der Waals surface area contributed by atoms with Gasteiger partial charge in [-0.2, -0.15) is 0 Å². The average molecular weight is 471 g/mol. The molecule has 9 atom stereocenters. The predicted molar refractivity (Wildman–Crippen MR) is 133 cm³/mol. The molecule has 34 heavy (non-hydrogen) atoms. The molecule has 4 nitrogen and oxygen atoms in total. The van der Waals surface area contributed by atoms with E-state index in [0.717, 1.165) is 12.3 Å². The third-order valence-electron chi connectivity index (χ3n) is 13.1. The highest BCUT2D eigenvalue weighted by molar-refractivity contribution is 5.98. The number of carboxylic acids is 1. The van der Waals surface area contributed by atoms with E-state index in [1.54, 1.807) is 0 Å². The fourth-order valence-corrected chi connectivity index (χ4v) is 11.1. The van der Waals surface area contributed by atoms with Crippen LogP contribution < -0.4 is 0 Å². The minimum Gasteiger partial charge on any atom is -0.478 e. The highest BCUT2D eigenvalue weighted by atomic mass is 16.4. The Labute approximate surface area is 206 Å². The number of aliphatic hydroxyl groups excluding tert-OH is 1. The fraction of sp³-hybridized carbons (Fsp3) is 0.867. The molecule has 4 heteroatoms. The van der Waals surface area contributed by atoms with Crippen LogP contribution in [0.25, 0.3) is 0 Å². The van der Waals surface area contributed by atoms with E-state index in [1.165, 1.54) is 64.4 Å². The Morgan fingerprint density at radius 3 is 2.24 bits per heavy atom. The number of aliphatic carboxylic acids is 1. The molecule has 0 aromatic rings. The molecular formula is C30H46O4. The van der Waals surface area contributed by atoms with Crippen molar-refractivity contribution in [3.8, 4) is 0 Å². The Hall–Kier alpha value is -1.16. The fourth-order valence-electron chi connectivity index (χ4n) is 11.1. The Balaban J connectivity index is 1.38. The third-order valence-corrected chi connectivity index (χ3v) is 13.1. The van der Waals surface area contributed by atoms with Crippen LogP contribution >= 0.6 is 0 Å². The van der Waals surface area contributed by atoms with Crippen molar-refractivity contribution in [3.05, 3.63) is 11.6 Å². The SMILES string of the molecule is C/C(=C\C(=O)C[C@@H](C)[C@H]1CC[C@@]2(C)[C@@H]3CC[C@H]4C(C)(C)[C@H](O)CC[C@@]45C[C@@]35CC[C@]12C)C(=O)O. The number of hydrogen-bond donors (Lipinski definition) is 2. The second-order valence-electron chi connectivity index (χ2n) is 14.3. The summed E-state index contributed by atoms with van der Waals surface area (Å²) in [6.07, 6.45) is 12.8. The van der Waals surface area contributed by atoms with Crippen LogP contribution in [0.2, 0.25) is 0 Å². The average Bonchev–Trinajstić information content (AvgIpc) is 3.33. The summed E-state index contributed by atoms with van der Waals surface area (Å²) in [5.74, 6) is 1.18. The molecular weight excluding hydrogens is 424 g/mol. The van der Waals surface area contributed by atoms with Crippen molar-refractivity contribution in [2.75, 3.05) is 0 Å². The molecule has 5 aliphatic rings. The lowest BCUT2D eigenvalue weighted by Gasteiger charge is -2.63. The van der Waals surface area contributed by atoms with Crippen LogP contribution in [-0.4, -0.2) is 28.1 Å². The van der Waals surface area contributed by atoms with E-state index in [4.69, 9.17) is 5.11 Å². The molecule has 0 bridgehead atoms. The van der Waals surface area contributed by atoms with Gasteiger partial charge in [0.1, 0.15) is 0 Å². The van der Waals surface area contributed by atoms with Gasteiger partial charge in [-0.25, -0.2) is 4.79 Å². The largest absolute Gasteiger partial charge is 0.478 e. The third kappa shape index (κ3) is 2.93. The molecule has 5 saturated carbocycles. The van der Waals surface area contributed by atoms with Gasteiger partial charge in [-0.1, -0.05) is 34.6 Å². The Morgan fingerprint density at radius 2 is 1.56 bits per heavy atom. The standard InChI is InChI=1S/C30H46O4/c1-18(15-20(31)16-19(2)25(33)34)21-9-11-28(6)23-8-7-22-26(3,4)24(32)10-12-29(22)17-30(23,29)14-13-27(21,28)5/h16,18,21-24,32H,7-15,17H2,1-6H3,(H,33,34)/b19-16+/t18-,21-,22+,23+,24-,27-,28+,29-,30+/m1/s1. The summed E-state index contributed by atoms with van der Waals surface area (Å²) in [6.45, 7) is 13.5. The minimum absolute atomic E-state index is 0.0308. The van der Waals surface area contributed by atoms with Gasteiger partial charge in [-0.05, 0) is 122 Å². The van der Waals surface area contributed by atoms with Crippen LogP contribution in [0, 0.1) is 50.7 Å². The normalized spacial score (nSPS) is 49.8. The summed E-state index contributed by atoms with van der Waals surface area (Å²) in [5, 5.41) is 20.0. The monoisotopic (exact) mass is 470 g/mol. The first-order valence-electron chi connectivity index (χ1n) is 13.9. The van der Waals surface area contributed by atoms with E-state index in [1.807, 2.05) is 0 Å². The summed E-state index contributed by atoms with van der Waals surface area (Å²) < 4.78 is 0. The quantitative estimate of drug-likeness (QED) is 0.455. The molecule has 0 radical (unpaired) electrons. The Bertz CT molecular complexity index is 934. The van der Waals surface area contributed by atoms with Crippen molar-refractivity contribution >= 4 is 11.8 Å². The van der Waals surface area contributed by atoms with Crippen LogP contribution in [-0.2, 0) is 9.59 Å². The number of rotatable bonds is 5. The summed E-state index contributed by atoms with van der Waals surface area (Å²) in [6, 6.07) is 0. The number of carbonyl (C=O) groups is 2. The predicted octanol–water partition coefficient (Wildman–Crippen LogP) is 6.41. The molecule has 0 heterocycles. The van der Waals surface area contributed by atoms with Crippen LogP contribution in [0.15, 0.2) is 11.6 Å². The number of aliphatic hydroxyl groups is 1. The molecule has 0 aromatic carbocycles. The van der Waals surface area contributed by atoms with Crippen molar-refractivity contribution in [3.63, 3.8) is 0 Å². The van der Waals surface area contributed by atoms with E-state index < -0.39 is 5.97 Å². The lowest BCUT2D eigenvalue weighted by Crippen LogP contribution is -2.57. The van der Waals surface area contributed by atoms with Gasteiger partial charge in [-0.15, -0.1) is 0 Å². The Morgan fingerprint density at radius 1 is 0.912 bits per heavy atom. The first kappa shape index (κ1) is 24.5. The minimum atomic E-state index is -1.01. The smallest absolute Gasteiger partial charge is 0.331 e. The van der Waals surface area contributed by atoms with Crippen molar-refractivity contribution in [2.45, 2.75) is 112 Å². The molecule has 190 valence electrons. The number of carbonyl (C=O) groups excluding carboxylic acids is 1. The molecule has 2 N–H and O–H groups in total. The van der Waals surface area contributed by atoms with Crippen LogP contribution in [0.5, 0.6) is 0 Å². The molecule has 5 aliphatic carbocycles. The maximum absolute atomic E-state index is 12.6. The highest BCUT2D eigenvalue weighted by Gasteiger charge is 2.82. The molecule has 0 aliphatic heterocycles. The molecule has 0 aromatic heterocycles. The van der Waals surface area contributed by atoms with Crippen LogP contribution in [0.4, 0.5) is 0 Å². The number of hydrogen-bond acceptors (Lipinski definition) is 3. The van der Waals surface area contributed by atoms with Gasteiger partial charge in [0.2, 0.25) is 0 Å². The van der Waals surface area contributed by atoms with Gasteiger partial charge >= 0.3 is 5.97 Å². The van der Waals surface area contributed by atoms with E-state index in [-0.39, 0.29) is 34.2 Å². The first-order chi connectivity index (χ1) is 15.8. The van der Waals surface area contributed by atoms with Gasteiger partial charge in [0, 0.05) is 12.0 Å². The molecule has 2 spiro atoms. The van der Waals surface area contributed by atoms with Crippen molar-refractivity contribution in [2.24, 2.45) is 50.7 Å². The second-order valence-corrected chi connectivity index (χ2v) is 14.3. The van der Waals surface area contributed by atoms with Crippen molar-refractivity contribution in [1.29, 1.82) is 0 Å². The molecule has 0 saturated heterocycles.